The first-order valence-electron chi connectivity index (χ1n) is 11.4. The highest BCUT2D eigenvalue weighted by molar-refractivity contribution is 5.88. The van der Waals surface area contributed by atoms with E-state index in [2.05, 4.69) is 27.1 Å². The second kappa shape index (κ2) is 9.70. The summed E-state index contributed by atoms with van der Waals surface area (Å²) in [6.07, 6.45) is 0.0266. The van der Waals surface area contributed by atoms with Gasteiger partial charge in [0, 0.05) is 49.9 Å². The molecule has 1 aromatic heterocycles. The van der Waals surface area contributed by atoms with Crippen LogP contribution in [0.3, 0.4) is 0 Å². The zero-order chi connectivity index (χ0) is 23.5. The van der Waals surface area contributed by atoms with Crippen LogP contribution in [0.4, 0.5) is 10.1 Å². The third-order valence-corrected chi connectivity index (χ3v) is 6.35. The van der Waals surface area contributed by atoms with Gasteiger partial charge >= 0.3 is 0 Å². The SMILES string of the molecule is CCN1CCN(c2ccc(F)cc2C(C)NC(=O)Cc2nn(C)c(=O)c3ccccc23)CC1. The molecule has 1 atom stereocenters. The smallest absolute Gasteiger partial charge is 0.274 e. The number of anilines is 1. The van der Waals surface area contributed by atoms with Gasteiger partial charge < -0.3 is 15.1 Å². The van der Waals surface area contributed by atoms with Crippen LogP contribution in [0.25, 0.3) is 10.8 Å². The Bertz CT molecular complexity index is 1220. The van der Waals surface area contributed by atoms with E-state index in [-0.39, 0.29) is 29.7 Å². The van der Waals surface area contributed by atoms with Gasteiger partial charge in [-0.2, -0.15) is 5.10 Å². The molecule has 0 spiro atoms. The maximum Gasteiger partial charge on any atom is 0.274 e. The molecule has 1 N–H and O–H groups in total. The molecule has 1 amide bonds. The van der Waals surface area contributed by atoms with Gasteiger partial charge in [0.05, 0.1) is 23.5 Å². The minimum atomic E-state index is -0.383. The summed E-state index contributed by atoms with van der Waals surface area (Å²) >= 11 is 0. The van der Waals surface area contributed by atoms with Crippen molar-refractivity contribution in [1.29, 1.82) is 0 Å². The topological polar surface area (TPSA) is 70.5 Å². The average Bonchev–Trinajstić information content (AvgIpc) is 2.82. The first-order valence-corrected chi connectivity index (χ1v) is 11.4. The molecule has 4 rings (SSSR count). The average molecular weight is 452 g/mol. The van der Waals surface area contributed by atoms with Crippen molar-refractivity contribution in [2.45, 2.75) is 26.3 Å². The number of amides is 1. The number of fused-ring (bicyclic) bond motifs is 1. The molecule has 3 aromatic rings. The number of hydrogen-bond donors (Lipinski definition) is 1. The number of nitrogens with one attached hydrogen (secondary N) is 1. The fraction of sp³-hybridized carbons (Fsp3) is 0.400. The normalized spacial score (nSPS) is 15.6. The van der Waals surface area contributed by atoms with Crippen LogP contribution in [0.2, 0.25) is 0 Å². The van der Waals surface area contributed by atoms with Crippen LogP contribution in [0.5, 0.6) is 0 Å². The summed E-state index contributed by atoms with van der Waals surface area (Å²) in [4.78, 5) is 29.9. The van der Waals surface area contributed by atoms with Crippen molar-refractivity contribution in [1.82, 2.24) is 20.0 Å². The van der Waals surface area contributed by atoms with E-state index in [1.54, 1.807) is 31.3 Å². The van der Waals surface area contributed by atoms with Gasteiger partial charge in [-0.1, -0.05) is 25.1 Å². The number of likely N-dealkylation sites (N-methyl/N-ethyl adjacent to an activating group) is 1. The van der Waals surface area contributed by atoms with Crippen LogP contribution in [0.15, 0.2) is 47.3 Å². The second-order valence-corrected chi connectivity index (χ2v) is 8.51. The van der Waals surface area contributed by atoms with E-state index in [4.69, 9.17) is 0 Å². The van der Waals surface area contributed by atoms with Gasteiger partial charge in [0.25, 0.3) is 5.56 Å². The number of halogens is 1. The summed E-state index contributed by atoms with van der Waals surface area (Å²) in [5.74, 6) is -0.558. The van der Waals surface area contributed by atoms with Crippen LogP contribution in [0.1, 0.15) is 31.1 Å². The highest BCUT2D eigenvalue weighted by atomic mass is 19.1. The van der Waals surface area contributed by atoms with Gasteiger partial charge in [-0.15, -0.1) is 0 Å². The molecule has 2 aromatic carbocycles. The third kappa shape index (κ3) is 4.90. The van der Waals surface area contributed by atoms with Crippen LogP contribution in [0, 0.1) is 5.82 Å². The molecule has 1 fully saturated rings. The monoisotopic (exact) mass is 451 g/mol. The zero-order valence-electron chi connectivity index (χ0n) is 19.3. The first kappa shape index (κ1) is 22.9. The van der Waals surface area contributed by atoms with Gasteiger partial charge in [0.1, 0.15) is 5.82 Å². The summed E-state index contributed by atoms with van der Waals surface area (Å²) < 4.78 is 15.4. The maximum absolute atomic E-state index is 14.2. The number of nitrogens with zero attached hydrogens (tertiary/aromatic N) is 4. The molecule has 0 radical (unpaired) electrons. The molecular formula is C25H30FN5O2. The number of rotatable bonds is 6. The Balaban J connectivity index is 1.53. The van der Waals surface area contributed by atoms with Gasteiger partial charge in [0.15, 0.2) is 0 Å². The molecule has 2 heterocycles. The molecule has 0 bridgehead atoms. The number of aryl methyl sites for hydroxylation is 1. The summed E-state index contributed by atoms with van der Waals surface area (Å²) in [6, 6.07) is 11.6. The number of carbonyl (C=O) groups is 1. The Morgan fingerprint density at radius 1 is 1.12 bits per heavy atom. The quantitative estimate of drug-likeness (QED) is 0.624. The number of hydrogen-bond acceptors (Lipinski definition) is 5. The van der Waals surface area contributed by atoms with Crippen LogP contribution >= 0.6 is 0 Å². The minimum absolute atomic E-state index is 0.0266. The fourth-order valence-corrected chi connectivity index (χ4v) is 4.49. The molecule has 1 unspecified atom stereocenters. The Morgan fingerprint density at radius 2 is 1.82 bits per heavy atom. The van der Waals surface area contributed by atoms with Crippen molar-refractivity contribution in [3.05, 3.63) is 69.9 Å². The largest absolute Gasteiger partial charge is 0.369 e. The van der Waals surface area contributed by atoms with Crippen molar-refractivity contribution in [3.8, 4) is 0 Å². The van der Waals surface area contributed by atoms with E-state index in [1.807, 2.05) is 13.0 Å². The Kier molecular flexibility index (Phi) is 6.74. The molecule has 8 heteroatoms. The minimum Gasteiger partial charge on any atom is -0.369 e. The predicted molar refractivity (Wildman–Crippen MR) is 128 cm³/mol. The van der Waals surface area contributed by atoms with E-state index in [0.717, 1.165) is 44.0 Å². The third-order valence-electron chi connectivity index (χ3n) is 6.35. The summed E-state index contributed by atoms with van der Waals surface area (Å²) in [6.45, 7) is 8.68. The lowest BCUT2D eigenvalue weighted by Crippen LogP contribution is -2.46. The molecule has 33 heavy (non-hydrogen) atoms. The number of aromatic nitrogens is 2. The fourth-order valence-electron chi connectivity index (χ4n) is 4.49. The van der Waals surface area contributed by atoms with Crippen molar-refractivity contribution < 1.29 is 9.18 Å². The van der Waals surface area contributed by atoms with E-state index in [0.29, 0.717) is 16.5 Å². The lowest BCUT2D eigenvalue weighted by atomic mass is 10.0. The standard InChI is InChI=1S/C25H30FN5O2/c1-4-30-11-13-31(14-12-30)23-10-9-18(26)15-21(23)17(2)27-24(32)16-22-19-7-5-6-8-20(19)25(33)29(3)28-22/h5-10,15,17H,4,11-14,16H2,1-3H3,(H,27,32). The van der Waals surface area contributed by atoms with Gasteiger partial charge in [0.2, 0.25) is 5.91 Å². The molecule has 1 saturated heterocycles. The maximum atomic E-state index is 14.2. The van der Waals surface area contributed by atoms with E-state index < -0.39 is 0 Å². The van der Waals surface area contributed by atoms with E-state index >= 15 is 0 Å². The van der Waals surface area contributed by atoms with Crippen molar-refractivity contribution in [3.63, 3.8) is 0 Å². The van der Waals surface area contributed by atoms with Crippen LogP contribution < -0.4 is 15.8 Å². The number of carbonyl (C=O) groups excluding carboxylic acids is 1. The van der Waals surface area contributed by atoms with Crippen molar-refractivity contribution >= 4 is 22.4 Å². The first-order chi connectivity index (χ1) is 15.9. The number of piperazine rings is 1. The summed E-state index contributed by atoms with van der Waals surface area (Å²) in [7, 11) is 1.58. The highest BCUT2D eigenvalue weighted by Crippen LogP contribution is 2.28. The van der Waals surface area contributed by atoms with Crippen LogP contribution in [-0.4, -0.2) is 53.3 Å². The molecule has 1 aliphatic rings. The van der Waals surface area contributed by atoms with Gasteiger partial charge in [-0.05, 0) is 37.7 Å². The zero-order valence-corrected chi connectivity index (χ0v) is 19.3. The summed E-state index contributed by atoms with van der Waals surface area (Å²) in [5, 5.41) is 8.51. The lowest BCUT2D eigenvalue weighted by molar-refractivity contribution is -0.121. The molecule has 7 nitrogen and oxygen atoms in total. The van der Waals surface area contributed by atoms with Crippen molar-refractivity contribution in [2.75, 3.05) is 37.6 Å². The van der Waals surface area contributed by atoms with Crippen molar-refractivity contribution in [2.24, 2.45) is 7.05 Å². The van der Waals surface area contributed by atoms with Gasteiger partial charge in [-0.3, -0.25) is 9.59 Å². The number of benzene rings is 2. The highest BCUT2D eigenvalue weighted by Gasteiger charge is 2.22. The Morgan fingerprint density at radius 3 is 2.52 bits per heavy atom. The van der Waals surface area contributed by atoms with Crippen LogP contribution in [-0.2, 0) is 18.3 Å². The molecule has 1 aliphatic heterocycles. The van der Waals surface area contributed by atoms with E-state index in [1.165, 1.54) is 16.8 Å². The van der Waals surface area contributed by atoms with E-state index in [9.17, 15) is 14.0 Å². The predicted octanol–water partition coefficient (Wildman–Crippen LogP) is 2.63. The second-order valence-electron chi connectivity index (χ2n) is 8.51. The molecule has 0 saturated carbocycles. The Hall–Kier alpha value is -3.26. The molecule has 0 aliphatic carbocycles. The molecular weight excluding hydrogens is 421 g/mol. The molecule has 174 valence electrons. The van der Waals surface area contributed by atoms with Gasteiger partial charge in [-0.25, -0.2) is 9.07 Å². The Labute approximate surface area is 192 Å². The summed E-state index contributed by atoms with van der Waals surface area (Å²) in [5.41, 5.74) is 2.04. The lowest BCUT2D eigenvalue weighted by Gasteiger charge is -2.37.